The van der Waals surface area contributed by atoms with Crippen LogP contribution >= 0.6 is 11.6 Å². The molecule has 1 aromatic heterocycles. The van der Waals surface area contributed by atoms with E-state index in [2.05, 4.69) is 15.2 Å². The second-order valence-corrected chi connectivity index (χ2v) is 7.73. The number of carbonyl (C=O) groups is 1. The molecular formula is C22H21ClN4O2. The highest BCUT2D eigenvalue weighted by Crippen LogP contribution is 2.30. The van der Waals surface area contributed by atoms with Crippen molar-refractivity contribution in [3.8, 4) is 6.07 Å². The van der Waals surface area contributed by atoms with Crippen LogP contribution in [-0.4, -0.2) is 34.9 Å². The normalized spacial score (nSPS) is 18.3. The van der Waals surface area contributed by atoms with E-state index in [1.165, 1.54) is 0 Å². The molecule has 1 amide bonds. The molecule has 1 aliphatic heterocycles. The molecule has 0 radical (unpaired) electrons. The number of amides is 1. The van der Waals surface area contributed by atoms with Crippen molar-refractivity contribution in [2.75, 3.05) is 18.4 Å². The highest BCUT2D eigenvalue weighted by atomic mass is 35.5. The molecule has 2 unspecified atom stereocenters. The van der Waals surface area contributed by atoms with Gasteiger partial charge < -0.3 is 9.73 Å². The fourth-order valence-electron chi connectivity index (χ4n) is 3.72. The summed E-state index contributed by atoms with van der Waals surface area (Å²) in [5, 5.41) is 12.2. The number of halogens is 1. The van der Waals surface area contributed by atoms with Crippen molar-refractivity contribution in [2.45, 2.75) is 31.7 Å². The van der Waals surface area contributed by atoms with Crippen molar-refractivity contribution in [1.29, 1.82) is 5.26 Å². The molecule has 0 aliphatic carbocycles. The van der Waals surface area contributed by atoms with Crippen LogP contribution in [0.4, 0.5) is 5.69 Å². The lowest BCUT2D eigenvalue weighted by Gasteiger charge is -2.34. The summed E-state index contributed by atoms with van der Waals surface area (Å²) in [7, 11) is 0. The molecule has 148 valence electrons. The van der Waals surface area contributed by atoms with E-state index in [-0.39, 0.29) is 17.9 Å². The van der Waals surface area contributed by atoms with Gasteiger partial charge in [0.1, 0.15) is 11.6 Å². The molecule has 1 fully saturated rings. The van der Waals surface area contributed by atoms with Crippen molar-refractivity contribution in [3.63, 3.8) is 0 Å². The van der Waals surface area contributed by atoms with Gasteiger partial charge >= 0.3 is 0 Å². The van der Waals surface area contributed by atoms with E-state index in [4.69, 9.17) is 21.3 Å². The molecule has 0 spiro atoms. The molecular weight excluding hydrogens is 388 g/mol. The highest BCUT2D eigenvalue weighted by Gasteiger charge is 2.30. The van der Waals surface area contributed by atoms with Gasteiger partial charge in [-0.3, -0.25) is 9.69 Å². The summed E-state index contributed by atoms with van der Waals surface area (Å²) in [6, 6.07) is 14.3. The Morgan fingerprint density at radius 2 is 2.21 bits per heavy atom. The molecule has 6 nitrogen and oxygen atoms in total. The maximum atomic E-state index is 12.8. The van der Waals surface area contributed by atoms with E-state index in [1.54, 1.807) is 18.2 Å². The summed E-state index contributed by atoms with van der Waals surface area (Å²) in [5.74, 6) is 0.794. The number of anilines is 1. The molecule has 4 rings (SSSR count). The lowest BCUT2D eigenvalue weighted by molar-refractivity contribution is -0.121. The van der Waals surface area contributed by atoms with Gasteiger partial charge in [-0.15, -0.1) is 0 Å². The summed E-state index contributed by atoms with van der Waals surface area (Å²) >= 11 is 6.06. The number of nitriles is 1. The number of oxazole rings is 1. The zero-order chi connectivity index (χ0) is 20.4. The molecule has 0 bridgehead atoms. The Balaban J connectivity index is 1.44. The Bertz CT molecular complexity index is 1050. The first-order chi connectivity index (χ1) is 14.0. The molecule has 2 atom stereocenters. The number of hydrogen-bond acceptors (Lipinski definition) is 5. The van der Waals surface area contributed by atoms with E-state index >= 15 is 0 Å². The second-order valence-electron chi connectivity index (χ2n) is 7.33. The first kappa shape index (κ1) is 19.4. The summed E-state index contributed by atoms with van der Waals surface area (Å²) in [6.45, 7) is 3.46. The van der Waals surface area contributed by atoms with Crippen LogP contribution in [0.15, 0.2) is 46.9 Å². The number of nitrogens with one attached hydrogen (secondary N) is 1. The minimum Gasteiger partial charge on any atom is -0.440 e. The fourth-order valence-corrected chi connectivity index (χ4v) is 3.94. The Hall–Kier alpha value is -2.88. The predicted octanol–water partition coefficient (Wildman–Crippen LogP) is 4.56. The summed E-state index contributed by atoms with van der Waals surface area (Å²) in [6.07, 6.45) is 1.96. The maximum Gasteiger partial charge on any atom is 0.241 e. The maximum absolute atomic E-state index is 12.8. The molecule has 29 heavy (non-hydrogen) atoms. The van der Waals surface area contributed by atoms with Crippen molar-refractivity contribution < 1.29 is 9.21 Å². The third-order valence-electron chi connectivity index (χ3n) is 5.40. The number of aromatic nitrogens is 1. The minimum absolute atomic E-state index is 0.107. The van der Waals surface area contributed by atoms with Gasteiger partial charge in [0, 0.05) is 18.2 Å². The number of piperidine rings is 1. The van der Waals surface area contributed by atoms with Crippen LogP contribution in [0.1, 0.15) is 37.1 Å². The molecule has 3 aromatic rings. The van der Waals surface area contributed by atoms with E-state index in [0.717, 1.165) is 42.9 Å². The van der Waals surface area contributed by atoms with Gasteiger partial charge in [0.15, 0.2) is 11.5 Å². The number of benzene rings is 2. The molecule has 1 aliphatic rings. The third kappa shape index (κ3) is 4.12. The standard InChI is InChI=1S/C22H21ClN4O2/c1-14(21(28)25-17-9-8-15(12-24)18(23)11-17)27-10-4-5-16(13-27)22-26-19-6-2-3-7-20(19)29-22/h2-3,6-9,11,14,16H,4-5,10,13H2,1H3,(H,25,28). The number of hydrogen-bond donors (Lipinski definition) is 1. The smallest absolute Gasteiger partial charge is 0.241 e. The van der Waals surface area contributed by atoms with Gasteiger partial charge in [-0.25, -0.2) is 4.98 Å². The van der Waals surface area contributed by atoms with E-state index in [1.807, 2.05) is 37.3 Å². The average molecular weight is 409 g/mol. The number of para-hydroxylation sites is 2. The van der Waals surface area contributed by atoms with Crippen molar-refractivity contribution in [3.05, 3.63) is 58.9 Å². The summed E-state index contributed by atoms with van der Waals surface area (Å²) in [4.78, 5) is 19.6. The second kappa shape index (κ2) is 8.24. The monoisotopic (exact) mass is 408 g/mol. The van der Waals surface area contributed by atoms with E-state index < -0.39 is 0 Å². The molecule has 2 aromatic carbocycles. The van der Waals surface area contributed by atoms with Crippen LogP contribution in [0.3, 0.4) is 0 Å². The van der Waals surface area contributed by atoms with Gasteiger partial charge in [0.05, 0.1) is 16.6 Å². The summed E-state index contributed by atoms with van der Waals surface area (Å²) in [5.41, 5.74) is 2.62. The van der Waals surface area contributed by atoms with Gasteiger partial charge in [0.2, 0.25) is 5.91 Å². The lowest BCUT2D eigenvalue weighted by Crippen LogP contribution is -2.46. The first-order valence-corrected chi connectivity index (χ1v) is 10.0. The number of fused-ring (bicyclic) bond motifs is 1. The number of likely N-dealkylation sites (tertiary alicyclic amines) is 1. The Kier molecular flexibility index (Phi) is 5.52. The Morgan fingerprint density at radius 3 is 2.97 bits per heavy atom. The van der Waals surface area contributed by atoms with Crippen molar-refractivity contribution in [1.82, 2.24) is 9.88 Å². The fraction of sp³-hybridized carbons (Fsp3) is 0.318. The lowest BCUT2D eigenvalue weighted by atomic mass is 9.96. The van der Waals surface area contributed by atoms with E-state index in [0.29, 0.717) is 16.3 Å². The summed E-state index contributed by atoms with van der Waals surface area (Å²) < 4.78 is 5.95. The minimum atomic E-state index is -0.309. The van der Waals surface area contributed by atoms with Crippen LogP contribution in [0.25, 0.3) is 11.1 Å². The molecule has 2 heterocycles. The average Bonchev–Trinajstić information content (AvgIpc) is 3.18. The molecule has 7 heteroatoms. The van der Waals surface area contributed by atoms with E-state index in [9.17, 15) is 4.79 Å². The zero-order valence-electron chi connectivity index (χ0n) is 16.1. The number of carbonyl (C=O) groups excluding carboxylic acids is 1. The van der Waals surface area contributed by atoms with Gasteiger partial charge in [-0.05, 0) is 56.6 Å². The highest BCUT2D eigenvalue weighted by molar-refractivity contribution is 6.32. The van der Waals surface area contributed by atoms with Gasteiger partial charge in [-0.2, -0.15) is 5.26 Å². The topological polar surface area (TPSA) is 82.2 Å². The van der Waals surface area contributed by atoms with Crippen LogP contribution in [0.5, 0.6) is 0 Å². The largest absolute Gasteiger partial charge is 0.440 e. The van der Waals surface area contributed by atoms with Crippen LogP contribution in [-0.2, 0) is 4.79 Å². The SMILES string of the molecule is CC(C(=O)Nc1ccc(C#N)c(Cl)c1)N1CCCC(c2nc3ccccc3o2)C1. The molecule has 0 saturated carbocycles. The third-order valence-corrected chi connectivity index (χ3v) is 5.71. The van der Waals surface area contributed by atoms with Crippen LogP contribution in [0, 0.1) is 11.3 Å². The number of rotatable bonds is 4. The van der Waals surface area contributed by atoms with Crippen molar-refractivity contribution in [2.24, 2.45) is 0 Å². The Morgan fingerprint density at radius 1 is 1.38 bits per heavy atom. The van der Waals surface area contributed by atoms with Gasteiger partial charge in [0.25, 0.3) is 0 Å². The molecule has 1 N–H and O–H groups in total. The zero-order valence-corrected chi connectivity index (χ0v) is 16.8. The van der Waals surface area contributed by atoms with Crippen LogP contribution in [0.2, 0.25) is 5.02 Å². The first-order valence-electron chi connectivity index (χ1n) is 9.65. The van der Waals surface area contributed by atoms with Gasteiger partial charge in [-0.1, -0.05) is 23.7 Å². The predicted molar refractivity (Wildman–Crippen MR) is 112 cm³/mol. The Labute approximate surface area is 174 Å². The quantitative estimate of drug-likeness (QED) is 0.684. The van der Waals surface area contributed by atoms with Crippen molar-refractivity contribution >= 4 is 34.3 Å². The number of nitrogens with zero attached hydrogens (tertiary/aromatic N) is 3. The van der Waals surface area contributed by atoms with Crippen LogP contribution < -0.4 is 5.32 Å². The molecule has 1 saturated heterocycles.